The average Bonchev–Trinajstić information content (AvgIpc) is 2.98. The third kappa shape index (κ3) is 3.92. The van der Waals surface area contributed by atoms with Crippen LogP contribution in [-0.4, -0.2) is 25.3 Å². The quantitative estimate of drug-likeness (QED) is 0.663. The summed E-state index contributed by atoms with van der Waals surface area (Å²) in [6.45, 7) is 1.39. The summed E-state index contributed by atoms with van der Waals surface area (Å²) in [7, 11) is 0. The van der Waals surface area contributed by atoms with Crippen LogP contribution in [0.3, 0.4) is 0 Å². The minimum absolute atomic E-state index is 0.00155. The molecule has 0 aliphatic rings. The van der Waals surface area contributed by atoms with E-state index in [4.69, 9.17) is 12.2 Å². The number of carbonyl (C=O) groups is 1. The summed E-state index contributed by atoms with van der Waals surface area (Å²) >= 11 is 5.08. The minimum Gasteiger partial charge on any atom is -0.330 e. The normalized spacial score (nSPS) is 11.7. The predicted molar refractivity (Wildman–Crippen MR) is 94.3 cm³/mol. The highest BCUT2D eigenvalue weighted by molar-refractivity contribution is 7.71. The average molecular weight is 397 g/mol. The summed E-state index contributed by atoms with van der Waals surface area (Å²) in [5, 5.41) is 3.79. The maximum Gasteiger partial charge on any atom is 0.435 e. The molecule has 1 aromatic carbocycles. The van der Waals surface area contributed by atoms with E-state index in [0.29, 0.717) is 10.9 Å². The molecule has 0 spiro atoms. The fourth-order valence-electron chi connectivity index (χ4n) is 2.53. The van der Waals surface area contributed by atoms with E-state index in [1.54, 1.807) is 24.3 Å². The first kappa shape index (κ1) is 18.8. The van der Waals surface area contributed by atoms with Gasteiger partial charge in [-0.3, -0.25) is 19.7 Å². The summed E-state index contributed by atoms with van der Waals surface area (Å²) in [4.78, 5) is 27.4. The standard InChI is InChI=1S/C16H14F3N5O2S/c1-9-8-12(16(17,18)19)21-23(9)7-6-13(25)22-24-14(26)10-4-2-3-5-11(10)20-15(24)27/h2-5,8H,6-7H2,1H3,(H,20,27)(H,22,25). The molecule has 0 saturated heterocycles. The number of H-pyrrole nitrogens is 1. The number of nitrogens with one attached hydrogen (secondary N) is 2. The first-order chi connectivity index (χ1) is 12.7. The first-order valence-electron chi connectivity index (χ1n) is 7.82. The Bertz CT molecular complexity index is 1130. The Balaban J connectivity index is 1.76. The molecule has 7 nitrogen and oxygen atoms in total. The van der Waals surface area contributed by atoms with Crippen molar-refractivity contribution in [2.45, 2.75) is 26.1 Å². The molecular formula is C16H14F3N5O2S. The van der Waals surface area contributed by atoms with E-state index >= 15 is 0 Å². The molecule has 1 amide bonds. The number of rotatable bonds is 4. The van der Waals surface area contributed by atoms with Gasteiger partial charge < -0.3 is 4.98 Å². The lowest BCUT2D eigenvalue weighted by atomic mass is 10.2. The molecule has 0 saturated carbocycles. The van der Waals surface area contributed by atoms with E-state index in [9.17, 15) is 22.8 Å². The van der Waals surface area contributed by atoms with Crippen molar-refractivity contribution in [1.29, 1.82) is 0 Å². The zero-order chi connectivity index (χ0) is 19.8. The number of hydrogen-bond acceptors (Lipinski definition) is 4. The number of fused-ring (bicyclic) bond motifs is 1. The number of aromatic nitrogens is 4. The van der Waals surface area contributed by atoms with Crippen LogP contribution in [0.5, 0.6) is 0 Å². The van der Waals surface area contributed by atoms with Crippen LogP contribution >= 0.6 is 12.2 Å². The number of alkyl halides is 3. The van der Waals surface area contributed by atoms with Crippen molar-refractivity contribution >= 4 is 29.0 Å². The number of aryl methyl sites for hydroxylation is 2. The van der Waals surface area contributed by atoms with Crippen LogP contribution in [0.2, 0.25) is 0 Å². The molecule has 0 aliphatic carbocycles. The Kier molecular flexibility index (Phi) is 4.87. The predicted octanol–water partition coefficient (Wildman–Crippen LogP) is 2.74. The Morgan fingerprint density at radius 1 is 1.33 bits per heavy atom. The van der Waals surface area contributed by atoms with Crippen LogP contribution in [0.25, 0.3) is 10.9 Å². The van der Waals surface area contributed by atoms with Gasteiger partial charge >= 0.3 is 6.18 Å². The third-order valence-electron chi connectivity index (χ3n) is 3.86. The number of aromatic amines is 1. The van der Waals surface area contributed by atoms with Gasteiger partial charge in [-0.05, 0) is 37.3 Å². The lowest BCUT2D eigenvalue weighted by Gasteiger charge is -2.10. The lowest BCUT2D eigenvalue weighted by Crippen LogP contribution is -2.34. The zero-order valence-corrected chi connectivity index (χ0v) is 14.8. The van der Waals surface area contributed by atoms with Gasteiger partial charge in [0.1, 0.15) is 0 Å². The fourth-order valence-corrected chi connectivity index (χ4v) is 2.77. The monoisotopic (exact) mass is 397 g/mol. The molecule has 0 unspecified atom stereocenters. The number of halogens is 3. The van der Waals surface area contributed by atoms with Gasteiger partial charge in [0.05, 0.1) is 17.4 Å². The minimum atomic E-state index is -4.55. The van der Waals surface area contributed by atoms with Gasteiger partial charge in [-0.2, -0.15) is 22.9 Å². The molecule has 142 valence electrons. The number of benzene rings is 1. The lowest BCUT2D eigenvalue weighted by molar-refractivity contribution is -0.141. The number of carbonyl (C=O) groups excluding carboxylic acids is 1. The van der Waals surface area contributed by atoms with Crippen LogP contribution in [0, 0.1) is 11.7 Å². The van der Waals surface area contributed by atoms with Crippen LogP contribution in [-0.2, 0) is 17.5 Å². The second-order valence-corrected chi connectivity index (χ2v) is 6.18. The molecule has 27 heavy (non-hydrogen) atoms. The largest absolute Gasteiger partial charge is 0.435 e. The smallest absolute Gasteiger partial charge is 0.330 e. The molecule has 0 aliphatic heterocycles. The summed E-state index contributed by atoms with van der Waals surface area (Å²) in [5.74, 6) is -0.588. The molecular weight excluding hydrogens is 383 g/mol. The van der Waals surface area contributed by atoms with Crippen molar-refractivity contribution in [3.8, 4) is 0 Å². The maximum atomic E-state index is 12.7. The van der Waals surface area contributed by atoms with E-state index in [1.165, 1.54) is 6.92 Å². The summed E-state index contributed by atoms with van der Waals surface area (Å²) in [6.07, 6.45) is -4.74. The maximum absolute atomic E-state index is 12.7. The Hall–Kier alpha value is -2.95. The molecule has 2 heterocycles. The topological polar surface area (TPSA) is 84.7 Å². The number of amides is 1. The molecule has 11 heteroatoms. The second-order valence-electron chi connectivity index (χ2n) is 5.79. The van der Waals surface area contributed by atoms with E-state index < -0.39 is 23.3 Å². The molecule has 0 atom stereocenters. The molecule has 2 aromatic heterocycles. The van der Waals surface area contributed by atoms with E-state index in [1.807, 2.05) is 0 Å². The Morgan fingerprint density at radius 2 is 2.04 bits per heavy atom. The SMILES string of the molecule is Cc1cc(C(F)(F)F)nn1CCC(=O)Nn1c(=S)[nH]c2ccccc2c1=O. The molecule has 3 aromatic rings. The summed E-state index contributed by atoms with van der Waals surface area (Å²) in [5.41, 5.74) is 1.65. The highest BCUT2D eigenvalue weighted by Crippen LogP contribution is 2.28. The number of nitrogens with zero attached hydrogens (tertiary/aromatic N) is 3. The van der Waals surface area contributed by atoms with Crippen molar-refractivity contribution < 1.29 is 18.0 Å². The third-order valence-corrected chi connectivity index (χ3v) is 4.15. The fraction of sp³-hybridized carbons (Fsp3) is 0.250. The molecule has 0 bridgehead atoms. The van der Waals surface area contributed by atoms with Crippen molar-refractivity contribution in [2.24, 2.45) is 0 Å². The van der Waals surface area contributed by atoms with E-state index in [-0.39, 0.29) is 23.4 Å². The summed E-state index contributed by atoms with van der Waals surface area (Å²) in [6, 6.07) is 7.57. The van der Waals surface area contributed by atoms with Gasteiger partial charge in [-0.25, -0.2) is 0 Å². The van der Waals surface area contributed by atoms with Gasteiger partial charge in [0.2, 0.25) is 5.91 Å². The molecule has 0 fully saturated rings. The van der Waals surface area contributed by atoms with Gasteiger partial charge in [0.25, 0.3) is 5.56 Å². The summed E-state index contributed by atoms with van der Waals surface area (Å²) < 4.78 is 40.0. The van der Waals surface area contributed by atoms with Crippen molar-refractivity contribution in [2.75, 3.05) is 5.43 Å². The zero-order valence-electron chi connectivity index (χ0n) is 14.0. The van der Waals surface area contributed by atoms with Crippen molar-refractivity contribution in [1.82, 2.24) is 19.4 Å². The second kappa shape index (κ2) is 6.99. The number of hydrogen-bond donors (Lipinski definition) is 2. The van der Waals surface area contributed by atoms with Crippen molar-refractivity contribution in [3.63, 3.8) is 0 Å². The highest BCUT2D eigenvalue weighted by atomic mass is 32.1. The Morgan fingerprint density at radius 3 is 2.70 bits per heavy atom. The highest BCUT2D eigenvalue weighted by Gasteiger charge is 2.34. The molecule has 3 rings (SSSR count). The Labute approximate surface area is 155 Å². The van der Waals surface area contributed by atoms with Crippen molar-refractivity contribution in [3.05, 3.63) is 56.8 Å². The van der Waals surface area contributed by atoms with Gasteiger partial charge in [0, 0.05) is 12.1 Å². The van der Waals surface area contributed by atoms with Gasteiger partial charge in [-0.1, -0.05) is 12.1 Å². The van der Waals surface area contributed by atoms with Gasteiger partial charge in [-0.15, -0.1) is 0 Å². The van der Waals surface area contributed by atoms with E-state index in [2.05, 4.69) is 15.5 Å². The van der Waals surface area contributed by atoms with Crippen LogP contribution in [0.1, 0.15) is 17.8 Å². The molecule has 0 radical (unpaired) electrons. The van der Waals surface area contributed by atoms with Crippen LogP contribution < -0.4 is 11.0 Å². The van der Waals surface area contributed by atoms with Crippen LogP contribution in [0.15, 0.2) is 35.1 Å². The number of para-hydroxylation sites is 1. The van der Waals surface area contributed by atoms with Crippen LogP contribution in [0.4, 0.5) is 13.2 Å². The van der Waals surface area contributed by atoms with E-state index in [0.717, 1.165) is 15.4 Å². The first-order valence-corrected chi connectivity index (χ1v) is 8.23. The molecule has 2 N–H and O–H groups in total. The van der Waals surface area contributed by atoms with Gasteiger partial charge in [0.15, 0.2) is 10.5 Å².